The summed E-state index contributed by atoms with van der Waals surface area (Å²) in [7, 11) is 0. The average Bonchev–Trinajstić information content (AvgIpc) is 2.79. The summed E-state index contributed by atoms with van der Waals surface area (Å²) in [4.78, 5) is 38.0. The second kappa shape index (κ2) is 4.19. The first-order valence-electron chi connectivity index (χ1n) is 8.63. The lowest BCUT2D eigenvalue weighted by atomic mass is 10.0. The summed E-state index contributed by atoms with van der Waals surface area (Å²) < 4.78 is 47.6. The van der Waals surface area contributed by atoms with Crippen molar-refractivity contribution >= 4 is 23.4 Å². The highest BCUT2D eigenvalue weighted by atomic mass is 16.2. The van der Waals surface area contributed by atoms with Crippen LogP contribution >= 0.6 is 0 Å². The fraction of sp³-hybridized carbons (Fsp3) is 0.214. The molecule has 6 heteroatoms. The molecule has 102 valence electrons. The Morgan fingerprint density at radius 2 is 2.20 bits per heavy atom. The summed E-state index contributed by atoms with van der Waals surface area (Å²) in [5, 5.41) is 2.16. The van der Waals surface area contributed by atoms with Crippen LogP contribution in [0.1, 0.15) is 41.7 Å². The van der Waals surface area contributed by atoms with Crippen LogP contribution in [0.25, 0.3) is 0 Å². The van der Waals surface area contributed by atoms with E-state index in [2.05, 4.69) is 11.9 Å². The van der Waals surface area contributed by atoms with Crippen LogP contribution in [0.2, 0.25) is 0 Å². The van der Waals surface area contributed by atoms with Crippen LogP contribution < -0.4 is 11.1 Å². The van der Waals surface area contributed by atoms with Crippen LogP contribution in [0.3, 0.4) is 0 Å². The molecule has 3 amide bonds. The van der Waals surface area contributed by atoms with Crippen molar-refractivity contribution in [2.75, 3.05) is 5.73 Å². The number of rotatable bonds is 1. The molecule has 20 heavy (non-hydrogen) atoms. The van der Waals surface area contributed by atoms with Gasteiger partial charge in [0.15, 0.2) is 0 Å². The number of hydrogen-bond donors (Lipinski definition) is 2. The summed E-state index contributed by atoms with van der Waals surface area (Å²) in [6.45, 7) is 3.44. The third kappa shape index (κ3) is 1.61. The van der Waals surface area contributed by atoms with Gasteiger partial charge in [0.05, 0.1) is 16.6 Å². The first kappa shape index (κ1) is 7.23. The summed E-state index contributed by atoms with van der Waals surface area (Å²) in [6.07, 6.45) is -3.17. The Bertz CT molecular complexity index is 884. The quantitative estimate of drug-likeness (QED) is 0.582. The number of allylic oxidation sites excluding steroid dienone is 1. The van der Waals surface area contributed by atoms with Gasteiger partial charge in [0.1, 0.15) is 6.02 Å². The van der Waals surface area contributed by atoms with E-state index in [9.17, 15) is 14.4 Å². The van der Waals surface area contributed by atoms with E-state index in [1.807, 2.05) is 0 Å². The Morgan fingerprint density at radius 1 is 1.45 bits per heavy atom. The predicted molar refractivity (Wildman–Crippen MR) is 71.7 cm³/mol. The third-order valence-electron chi connectivity index (χ3n) is 2.94. The monoisotopic (exact) mass is 277 g/mol. The van der Waals surface area contributed by atoms with Gasteiger partial charge in [-0.3, -0.25) is 19.3 Å². The number of fused-ring (bicyclic) bond motifs is 1. The van der Waals surface area contributed by atoms with E-state index in [1.54, 1.807) is 0 Å². The third-order valence-corrected chi connectivity index (χ3v) is 2.94. The lowest BCUT2D eigenvalue weighted by molar-refractivity contribution is -0.125. The number of nitrogen functional groups attached to an aromatic ring is 1. The van der Waals surface area contributed by atoms with Gasteiger partial charge in [-0.15, -0.1) is 0 Å². The van der Waals surface area contributed by atoms with Crippen molar-refractivity contribution in [3.63, 3.8) is 0 Å². The van der Waals surface area contributed by atoms with Crippen LogP contribution in [-0.2, 0) is 4.79 Å². The number of piperidine rings is 1. The fourth-order valence-electron chi connectivity index (χ4n) is 2.04. The molecular formula is C14H13N3O3. The Balaban J connectivity index is 2.26. The van der Waals surface area contributed by atoms with E-state index in [0.717, 1.165) is 0 Å². The molecule has 1 fully saturated rings. The molecule has 0 unspecified atom stereocenters. The zero-order chi connectivity index (χ0) is 19.8. The van der Waals surface area contributed by atoms with E-state index < -0.39 is 71.5 Å². The van der Waals surface area contributed by atoms with Crippen LogP contribution in [0.15, 0.2) is 30.4 Å². The van der Waals surface area contributed by atoms with Gasteiger partial charge in [-0.2, -0.15) is 0 Å². The molecule has 2 aliphatic rings. The average molecular weight is 277 g/mol. The van der Waals surface area contributed by atoms with Crippen molar-refractivity contribution in [2.45, 2.75) is 18.8 Å². The second-order valence-corrected chi connectivity index (χ2v) is 4.24. The molecule has 0 bridgehead atoms. The lowest BCUT2D eigenvalue weighted by Gasteiger charge is -2.29. The molecular weight excluding hydrogens is 258 g/mol. The lowest BCUT2D eigenvalue weighted by Crippen LogP contribution is -2.51. The minimum Gasteiger partial charge on any atom is -0.398 e. The normalized spacial score (nSPS) is 32.5. The van der Waals surface area contributed by atoms with Gasteiger partial charge in [0.2, 0.25) is 5.91 Å². The van der Waals surface area contributed by atoms with E-state index in [4.69, 9.17) is 14.0 Å². The van der Waals surface area contributed by atoms with Gasteiger partial charge in [-0.25, -0.2) is 0 Å². The van der Waals surface area contributed by atoms with E-state index >= 15 is 0 Å². The first-order chi connectivity index (χ1) is 11.9. The Labute approximate surface area is 123 Å². The number of anilines is 1. The van der Waals surface area contributed by atoms with E-state index in [0.29, 0.717) is 0 Å². The zero-order valence-corrected chi connectivity index (χ0v) is 10.2. The van der Waals surface area contributed by atoms with Gasteiger partial charge < -0.3 is 11.1 Å². The van der Waals surface area contributed by atoms with Crippen molar-refractivity contribution in [1.82, 2.24) is 10.2 Å². The van der Waals surface area contributed by atoms with Gasteiger partial charge >= 0.3 is 0 Å². The van der Waals surface area contributed by atoms with E-state index in [-0.39, 0.29) is 10.6 Å². The molecule has 1 aromatic carbocycles. The number of nitrogens with one attached hydrogen (secondary N) is 1. The van der Waals surface area contributed by atoms with E-state index in [1.165, 1.54) is 0 Å². The molecule has 1 atom stereocenters. The molecule has 0 radical (unpaired) electrons. The zero-order valence-electron chi connectivity index (χ0n) is 16.2. The number of amides is 3. The highest BCUT2D eigenvalue weighted by molar-refractivity contribution is 6.25. The number of benzene rings is 1. The van der Waals surface area contributed by atoms with Crippen molar-refractivity contribution in [3.05, 3.63) is 41.5 Å². The van der Waals surface area contributed by atoms with Crippen LogP contribution in [-0.4, -0.2) is 28.6 Å². The topological polar surface area (TPSA) is 92.5 Å². The molecule has 0 aliphatic carbocycles. The van der Waals surface area contributed by atoms with Crippen molar-refractivity contribution in [2.24, 2.45) is 0 Å². The number of carbonyl (C=O) groups excluding carboxylic acids is 3. The van der Waals surface area contributed by atoms with Crippen molar-refractivity contribution in [3.8, 4) is 0 Å². The second-order valence-electron chi connectivity index (χ2n) is 4.24. The molecule has 6 nitrogen and oxygen atoms in total. The summed E-state index contributed by atoms with van der Waals surface area (Å²) >= 11 is 0. The standard InChI is InChI=1S/C14H13N3O3/c1-7-5-6-10(12(18)16-7)17-13(19)8-3-2-4-9(15)11(8)14(17)20/h2-4,10H,1,5-6,15H2,(H,16,18)/t10-/m0/s1/i2D,3D,4D,6D2,10D. The first-order valence-corrected chi connectivity index (χ1v) is 5.63. The highest BCUT2D eigenvalue weighted by Crippen LogP contribution is 2.31. The summed E-state index contributed by atoms with van der Waals surface area (Å²) in [5.74, 6) is -3.81. The van der Waals surface area contributed by atoms with Gasteiger partial charge in [0.25, 0.3) is 11.8 Å². The Kier molecular flexibility index (Phi) is 1.52. The molecule has 3 rings (SSSR count). The molecule has 0 spiro atoms. The molecule has 2 aliphatic heterocycles. The minimum atomic E-state index is -2.97. The van der Waals surface area contributed by atoms with Crippen molar-refractivity contribution in [1.29, 1.82) is 0 Å². The molecule has 0 aromatic heterocycles. The maximum Gasteiger partial charge on any atom is 0.264 e. The number of hydrogen-bond acceptors (Lipinski definition) is 4. The van der Waals surface area contributed by atoms with Crippen LogP contribution in [0, 0.1) is 0 Å². The van der Waals surface area contributed by atoms with Crippen LogP contribution in [0.5, 0.6) is 0 Å². The minimum absolute atomic E-state index is 0.0120. The maximum atomic E-state index is 12.8. The summed E-state index contributed by atoms with van der Waals surface area (Å²) in [6, 6.07) is -5.04. The largest absolute Gasteiger partial charge is 0.398 e. The van der Waals surface area contributed by atoms with Crippen molar-refractivity contribution < 1.29 is 22.6 Å². The number of nitrogens with two attached hydrogens (primary N) is 1. The Morgan fingerprint density at radius 3 is 2.90 bits per heavy atom. The fourth-order valence-corrected chi connectivity index (χ4v) is 2.04. The molecule has 1 saturated heterocycles. The predicted octanol–water partition coefficient (Wildman–Crippen LogP) is 0.657. The number of carbonyl (C=O) groups is 3. The molecule has 0 saturated carbocycles. The number of imide groups is 1. The molecule has 1 aromatic rings. The van der Waals surface area contributed by atoms with Gasteiger partial charge in [0, 0.05) is 14.1 Å². The van der Waals surface area contributed by atoms with Crippen LogP contribution in [0.4, 0.5) is 5.69 Å². The maximum absolute atomic E-state index is 12.8. The highest BCUT2D eigenvalue weighted by Gasteiger charge is 2.44. The SMILES string of the molecule is [2H]c1c([2H])c(N)c2c(c1[2H])C(=O)N([C@]1([2H])C(=O)NC(=C)CC1([2H])[2H])C2=O. The molecule has 2 heterocycles. The van der Waals surface area contributed by atoms with Gasteiger partial charge in [-0.1, -0.05) is 12.6 Å². The van der Waals surface area contributed by atoms with Gasteiger partial charge in [-0.05, 0) is 24.9 Å². The number of nitrogens with zero attached hydrogens (tertiary/aromatic N) is 1. The molecule has 3 N–H and O–H groups in total. The Hall–Kier alpha value is -2.63. The smallest absolute Gasteiger partial charge is 0.264 e. The summed E-state index contributed by atoms with van der Waals surface area (Å²) in [5.41, 5.74) is 3.92.